The zero-order valence-corrected chi connectivity index (χ0v) is 10.6. The first kappa shape index (κ1) is 13.0. The molecule has 0 aromatic heterocycles. The SMILES string of the molecule is O=[N+]([O-])c1cccc(OC/C=C/CCl)c1Br. The molecule has 16 heavy (non-hydrogen) atoms. The van der Waals surface area contributed by atoms with Crippen LogP contribution >= 0.6 is 27.5 Å². The summed E-state index contributed by atoms with van der Waals surface area (Å²) in [4.78, 5) is 10.2. The van der Waals surface area contributed by atoms with E-state index in [9.17, 15) is 10.1 Å². The van der Waals surface area contributed by atoms with Crippen LogP contribution in [0.5, 0.6) is 5.75 Å². The van der Waals surface area contributed by atoms with Crippen molar-refractivity contribution in [3.05, 3.63) is 44.9 Å². The minimum atomic E-state index is -0.467. The lowest BCUT2D eigenvalue weighted by atomic mass is 10.3. The van der Waals surface area contributed by atoms with Gasteiger partial charge in [-0.15, -0.1) is 11.6 Å². The molecule has 0 unspecified atom stereocenters. The third-order valence-corrected chi connectivity index (χ3v) is 2.71. The number of benzene rings is 1. The van der Waals surface area contributed by atoms with Crippen LogP contribution in [0.3, 0.4) is 0 Å². The van der Waals surface area contributed by atoms with Crippen LogP contribution in [0, 0.1) is 10.1 Å². The highest BCUT2D eigenvalue weighted by Crippen LogP contribution is 2.33. The Morgan fingerprint density at radius 1 is 1.50 bits per heavy atom. The van der Waals surface area contributed by atoms with Crippen LogP contribution in [0.15, 0.2) is 34.8 Å². The van der Waals surface area contributed by atoms with Crippen molar-refractivity contribution in [3.8, 4) is 5.75 Å². The number of hydrogen-bond acceptors (Lipinski definition) is 3. The first-order valence-corrected chi connectivity index (χ1v) is 5.76. The average Bonchev–Trinajstić information content (AvgIpc) is 2.26. The summed E-state index contributed by atoms with van der Waals surface area (Å²) < 4.78 is 5.68. The molecule has 86 valence electrons. The molecule has 0 radical (unpaired) electrons. The molecule has 0 saturated heterocycles. The number of hydrogen-bond donors (Lipinski definition) is 0. The van der Waals surface area contributed by atoms with Gasteiger partial charge in [-0.05, 0) is 22.0 Å². The predicted molar refractivity (Wildman–Crippen MR) is 66.2 cm³/mol. The van der Waals surface area contributed by atoms with E-state index in [0.29, 0.717) is 22.7 Å². The highest BCUT2D eigenvalue weighted by molar-refractivity contribution is 9.10. The molecule has 0 amide bonds. The topological polar surface area (TPSA) is 52.4 Å². The summed E-state index contributed by atoms with van der Waals surface area (Å²) in [6.45, 7) is 0.326. The molecule has 1 aromatic carbocycles. The van der Waals surface area contributed by atoms with Crippen LogP contribution in [0.2, 0.25) is 0 Å². The Morgan fingerprint density at radius 3 is 2.88 bits per heavy atom. The van der Waals surface area contributed by atoms with Crippen molar-refractivity contribution in [3.63, 3.8) is 0 Å². The summed E-state index contributed by atoms with van der Waals surface area (Å²) in [7, 11) is 0. The van der Waals surface area contributed by atoms with Gasteiger partial charge in [-0.25, -0.2) is 0 Å². The van der Waals surface area contributed by atoms with E-state index in [1.165, 1.54) is 6.07 Å². The fraction of sp³-hybridized carbons (Fsp3) is 0.200. The van der Waals surface area contributed by atoms with E-state index < -0.39 is 4.92 Å². The van der Waals surface area contributed by atoms with Gasteiger partial charge in [0.2, 0.25) is 0 Å². The van der Waals surface area contributed by atoms with Crippen LogP contribution in [0.25, 0.3) is 0 Å². The van der Waals surface area contributed by atoms with E-state index >= 15 is 0 Å². The van der Waals surface area contributed by atoms with Crippen LogP contribution < -0.4 is 4.74 Å². The largest absolute Gasteiger partial charge is 0.488 e. The standard InChI is InChI=1S/C10H9BrClNO3/c11-10-8(13(14)15)4-3-5-9(10)16-7-2-1-6-12/h1-5H,6-7H2/b2-1+. The van der Waals surface area contributed by atoms with E-state index in [4.69, 9.17) is 16.3 Å². The number of nitro benzene ring substituents is 1. The third-order valence-electron chi connectivity index (χ3n) is 1.73. The van der Waals surface area contributed by atoms with Gasteiger partial charge in [0.25, 0.3) is 5.69 Å². The minimum absolute atomic E-state index is 0.0150. The Balaban J connectivity index is 2.77. The van der Waals surface area contributed by atoms with E-state index in [0.717, 1.165) is 0 Å². The molecular formula is C10H9BrClNO3. The fourth-order valence-corrected chi connectivity index (χ4v) is 1.67. The zero-order valence-electron chi connectivity index (χ0n) is 8.23. The van der Waals surface area contributed by atoms with E-state index in [1.54, 1.807) is 24.3 Å². The molecule has 0 fully saturated rings. The van der Waals surface area contributed by atoms with Gasteiger partial charge in [0.15, 0.2) is 0 Å². The summed E-state index contributed by atoms with van der Waals surface area (Å²) in [5, 5.41) is 10.6. The lowest BCUT2D eigenvalue weighted by molar-refractivity contribution is -0.385. The van der Waals surface area contributed by atoms with Crippen molar-refractivity contribution in [2.45, 2.75) is 0 Å². The van der Waals surface area contributed by atoms with Crippen LogP contribution in [-0.2, 0) is 0 Å². The average molecular weight is 307 g/mol. The molecule has 0 saturated carbocycles. The van der Waals surface area contributed by atoms with Gasteiger partial charge in [-0.3, -0.25) is 10.1 Å². The van der Waals surface area contributed by atoms with E-state index in [1.807, 2.05) is 0 Å². The van der Waals surface area contributed by atoms with Crippen molar-refractivity contribution in [1.82, 2.24) is 0 Å². The highest BCUT2D eigenvalue weighted by atomic mass is 79.9. The van der Waals surface area contributed by atoms with Crippen molar-refractivity contribution in [1.29, 1.82) is 0 Å². The fourth-order valence-electron chi connectivity index (χ4n) is 1.02. The number of allylic oxidation sites excluding steroid dienone is 1. The number of nitro groups is 1. The molecule has 0 bridgehead atoms. The summed E-state index contributed by atoms with van der Waals surface area (Å²) in [6.07, 6.45) is 3.49. The molecule has 4 nitrogen and oxygen atoms in total. The third kappa shape index (κ3) is 3.50. The maximum absolute atomic E-state index is 10.6. The molecule has 0 atom stereocenters. The number of alkyl halides is 1. The number of nitrogens with zero attached hydrogens (tertiary/aromatic N) is 1. The maximum Gasteiger partial charge on any atom is 0.287 e. The molecule has 1 rings (SSSR count). The Morgan fingerprint density at radius 2 is 2.25 bits per heavy atom. The van der Waals surface area contributed by atoms with Gasteiger partial charge < -0.3 is 4.74 Å². The molecular weight excluding hydrogens is 297 g/mol. The van der Waals surface area contributed by atoms with Crippen molar-refractivity contribution in [2.24, 2.45) is 0 Å². The smallest absolute Gasteiger partial charge is 0.287 e. The molecule has 0 N–H and O–H groups in total. The lowest BCUT2D eigenvalue weighted by Crippen LogP contribution is -1.96. The van der Waals surface area contributed by atoms with Gasteiger partial charge >= 0.3 is 0 Å². The Hall–Kier alpha value is -1.07. The molecule has 0 spiro atoms. The second-order valence-electron chi connectivity index (χ2n) is 2.78. The van der Waals surface area contributed by atoms with Gasteiger partial charge in [0, 0.05) is 11.9 Å². The lowest BCUT2D eigenvalue weighted by Gasteiger charge is -2.05. The van der Waals surface area contributed by atoms with E-state index in [2.05, 4.69) is 15.9 Å². The highest BCUT2D eigenvalue weighted by Gasteiger charge is 2.15. The zero-order chi connectivity index (χ0) is 12.0. The minimum Gasteiger partial charge on any atom is -0.488 e. The van der Waals surface area contributed by atoms with Gasteiger partial charge in [0.1, 0.15) is 16.8 Å². The summed E-state index contributed by atoms with van der Waals surface area (Å²) >= 11 is 8.57. The second kappa shape index (κ2) is 6.50. The van der Waals surface area contributed by atoms with Crippen LogP contribution in [0.4, 0.5) is 5.69 Å². The van der Waals surface area contributed by atoms with Gasteiger partial charge in [-0.1, -0.05) is 18.2 Å². The molecule has 1 aromatic rings. The number of rotatable bonds is 5. The Bertz CT molecular complexity index is 409. The van der Waals surface area contributed by atoms with Crippen LogP contribution in [-0.4, -0.2) is 17.4 Å². The van der Waals surface area contributed by atoms with Gasteiger partial charge in [-0.2, -0.15) is 0 Å². The number of halogens is 2. The van der Waals surface area contributed by atoms with Crippen LogP contribution in [0.1, 0.15) is 0 Å². The second-order valence-corrected chi connectivity index (χ2v) is 3.88. The Kier molecular flexibility index (Phi) is 5.28. The van der Waals surface area contributed by atoms with Crippen molar-refractivity contribution < 1.29 is 9.66 Å². The monoisotopic (exact) mass is 305 g/mol. The molecule has 0 aliphatic heterocycles. The Labute approximate surface area is 106 Å². The summed E-state index contributed by atoms with van der Waals surface area (Å²) in [5.41, 5.74) is -0.0150. The molecule has 6 heteroatoms. The first-order valence-electron chi connectivity index (χ1n) is 4.43. The quantitative estimate of drug-likeness (QED) is 0.362. The first-order chi connectivity index (χ1) is 7.66. The summed E-state index contributed by atoms with van der Waals surface area (Å²) in [5.74, 6) is 0.854. The van der Waals surface area contributed by atoms with Crippen molar-refractivity contribution in [2.75, 3.05) is 12.5 Å². The van der Waals surface area contributed by atoms with Crippen molar-refractivity contribution >= 4 is 33.2 Å². The molecule has 0 aliphatic carbocycles. The summed E-state index contributed by atoms with van der Waals surface area (Å²) in [6, 6.07) is 4.64. The molecule has 0 heterocycles. The maximum atomic E-state index is 10.6. The normalized spacial score (nSPS) is 10.6. The van der Waals surface area contributed by atoms with E-state index in [-0.39, 0.29) is 5.69 Å². The predicted octanol–water partition coefficient (Wildman–Crippen LogP) is 3.53. The number of ether oxygens (including phenoxy) is 1. The molecule has 0 aliphatic rings. The van der Waals surface area contributed by atoms with Gasteiger partial charge in [0.05, 0.1) is 4.92 Å².